The molecule has 0 aromatic heterocycles. The number of hydrogen-bond donors (Lipinski definition) is 2. The lowest BCUT2D eigenvalue weighted by Crippen LogP contribution is -2.53. The van der Waals surface area contributed by atoms with Crippen molar-refractivity contribution in [2.75, 3.05) is 0 Å². The largest absolute Gasteiger partial charge is 0.491 e. The summed E-state index contributed by atoms with van der Waals surface area (Å²) in [5.41, 5.74) is -2.59. The summed E-state index contributed by atoms with van der Waals surface area (Å²) in [6.45, 7) is 7.35. The van der Waals surface area contributed by atoms with E-state index in [1.54, 1.807) is 13.8 Å². The van der Waals surface area contributed by atoms with Gasteiger partial charge in [0.1, 0.15) is 0 Å². The number of esters is 1. The maximum absolute atomic E-state index is 11.1. The van der Waals surface area contributed by atoms with Crippen molar-refractivity contribution in [3.05, 3.63) is 28.3 Å². The van der Waals surface area contributed by atoms with Gasteiger partial charge in [-0.1, -0.05) is 6.07 Å². The van der Waals surface area contributed by atoms with Crippen LogP contribution in [0.4, 0.5) is 5.69 Å². The van der Waals surface area contributed by atoms with Gasteiger partial charge in [0.15, 0.2) is 0 Å². The van der Waals surface area contributed by atoms with Crippen molar-refractivity contribution in [3.8, 4) is 5.75 Å². The van der Waals surface area contributed by atoms with E-state index in [9.17, 15) is 25.0 Å². The fraction of sp³-hybridized carbons (Fsp3) is 0.500. The Labute approximate surface area is 134 Å². The molecule has 1 aromatic carbocycles. The average molecular weight is 325 g/mol. The first kappa shape index (κ1) is 19.1. The summed E-state index contributed by atoms with van der Waals surface area (Å²) in [6, 6.07) is 3.55. The fourth-order valence-electron chi connectivity index (χ4n) is 1.56. The first-order chi connectivity index (χ1) is 10.3. The first-order valence-corrected chi connectivity index (χ1v) is 6.90. The Balaban J connectivity index is 3.13. The van der Waals surface area contributed by atoms with Crippen molar-refractivity contribution in [1.29, 1.82) is 0 Å². The zero-order chi connectivity index (χ0) is 18.0. The van der Waals surface area contributed by atoms with E-state index < -0.39 is 34.9 Å². The van der Waals surface area contributed by atoms with Crippen LogP contribution >= 0.6 is 0 Å². The normalized spacial score (nSPS) is 12.0. The van der Waals surface area contributed by atoms with E-state index in [-0.39, 0.29) is 11.2 Å². The third-order valence-electron chi connectivity index (χ3n) is 3.60. The van der Waals surface area contributed by atoms with Crippen LogP contribution in [0.2, 0.25) is 0 Å². The van der Waals surface area contributed by atoms with Gasteiger partial charge in [-0.05, 0) is 39.2 Å². The second kappa shape index (κ2) is 6.65. The monoisotopic (exact) mass is 325 g/mol. The van der Waals surface area contributed by atoms with Gasteiger partial charge >= 0.3 is 18.8 Å². The topological polar surface area (TPSA) is 119 Å². The van der Waals surface area contributed by atoms with E-state index in [0.717, 1.165) is 19.1 Å². The molecule has 0 heterocycles. The molecule has 23 heavy (non-hydrogen) atoms. The van der Waals surface area contributed by atoms with Crippen LogP contribution in [0.5, 0.6) is 5.75 Å². The molecule has 0 spiro atoms. The van der Waals surface area contributed by atoms with Crippen LogP contribution in [0.3, 0.4) is 0 Å². The van der Waals surface area contributed by atoms with E-state index in [0.29, 0.717) is 0 Å². The molecule has 0 unspecified atom stereocenters. The van der Waals surface area contributed by atoms with E-state index in [1.807, 2.05) is 0 Å². The molecule has 9 heteroatoms. The molecule has 0 atom stereocenters. The van der Waals surface area contributed by atoms with Gasteiger partial charge in [-0.2, -0.15) is 0 Å². The lowest BCUT2D eigenvalue weighted by atomic mass is 9.76. The van der Waals surface area contributed by atoms with Gasteiger partial charge in [0.2, 0.25) is 5.75 Å². The smallest absolute Gasteiger partial charge is 0.423 e. The van der Waals surface area contributed by atoms with E-state index in [2.05, 4.69) is 0 Å². The molecule has 0 saturated heterocycles. The summed E-state index contributed by atoms with van der Waals surface area (Å²) in [4.78, 5) is 21.3. The number of rotatable bonds is 6. The highest BCUT2D eigenvalue weighted by atomic mass is 16.6. The Morgan fingerprint density at radius 1 is 1.30 bits per heavy atom. The Morgan fingerprint density at radius 3 is 2.30 bits per heavy atom. The Morgan fingerprint density at radius 2 is 1.87 bits per heavy atom. The fourth-order valence-corrected chi connectivity index (χ4v) is 1.56. The van der Waals surface area contributed by atoms with E-state index in [4.69, 9.17) is 9.39 Å². The van der Waals surface area contributed by atoms with Crippen LogP contribution in [-0.2, 0) is 9.45 Å². The van der Waals surface area contributed by atoms with Crippen LogP contribution in [0.15, 0.2) is 18.2 Å². The highest BCUT2D eigenvalue weighted by Gasteiger charge is 2.39. The van der Waals surface area contributed by atoms with Crippen molar-refractivity contribution in [1.82, 2.24) is 0 Å². The number of carbonyl (C=O) groups excluding carboxylic acids is 1. The molecule has 0 aliphatic rings. The maximum atomic E-state index is 11.1. The molecule has 0 amide bonds. The van der Waals surface area contributed by atoms with Crippen molar-refractivity contribution in [2.45, 2.75) is 45.8 Å². The van der Waals surface area contributed by atoms with Crippen LogP contribution < -0.4 is 10.2 Å². The van der Waals surface area contributed by atoms with Gasteiger partial charge < -0.3 is 19.5 Å². The number of nitro benzene ring substituents is 1. The molecule has 0 aliphatic heterocycles. The Hall–Kier alpha value is -1.97. The van der Waals surface area contributed by atoms with Crippen molar-refractivity contribution >= 4 is 24.2 Å². The van der Waals surface area contributed by atoms with Gasteiger partial charge in [0, 0.05) is 13.0 Å². The molecule has 0 fully saturated rings. The maximum Gasteiger partial charge on any atom is 0.491 e. The van der Waals surface area contributed by atoms with Gasteiger partial charge in [-0.15, -0.1) is 0 Å². The molecule has 126 valence electrons. The minimum Gasteiger partial charge on any atom is -0.423 e. The van der Waals surface area contributed by atoms with Crippen molar-refractivity contribution in [3.63, 3.8) is 0 Å². The summed E-state index contributed by atoms with van der Waals surface area (Å²) < 4.78 is 10.2. The predicted octanol–water partition coefficient (Wildman–Crippen LogP) is 0.774. The summed E-state index contributed by atoms with van der Waals surface area (Å²) >= 11 is 0. The third kappa shape index (κ3) is 4.75. The second-order valence-electron chi connectivity index (χ2n) is 6.12. The molecular formula is C14H20BNO7. The summed E-state index contributed by atoms with van der Waals surface area (Å²) in [7, 11) is -1.47. The minimum absolute atomic E-state index is 0.157. The van der Waals surface area contributed by atoms with Crippen LogP contribution in [0, 0.1) is 10.1 Å². The zero-order valence-corrected chi connectivity index (χ0v) is 13.7. The number of ether oxygens (including phenoxy) is 1. The van der Waals surface area contributed by atoms with Gasteiger partial charge in [0.25, 0.3) is 0 Å². The SMILES string of the molecule is CC(=O)Oc1cc(B(O)OC(C)(C)C(C)(C)O)ccc1[N+](=O)[O-]. The van der Waals surface area contributed by atoms with Crippen LogP contribution in [-0.4, -0.2) is 39.3 Å². The highest BCUT2D eigenvalue weighted by molar-refractivity contribution is 6.60. The van der Waals surface area contributed by atoms with Gasteiger partial charge in [0.05, 0.1) is 16.1 Å². The molecule has 0 radical (unpaired) electrons. The quantitative estimate of drug-likeness (QED) is 0.261. The Bertz CT molecular complexity index is 610. The van der Waals surface area contributed by atoms with Gasteiger partial charge in [-0.25, -0.2) is 0 Å². The first-order valence-electron chi connectivity index (χ1n) is 6.90. The summed E-state index contributed by atoms with van der Waals surface area (Å²) in [5.74, 6) is -1.01. The number of nitro groups is 1. The molecule has 0 bridgehead atoms. The molecule has 0 saturated carbocycles. The number of aliphatic hydroxyl groups is 1. The summed E-state index contributed by atoms with van der Waals surface area (Å²) in [5, 5.41) is 31.1. The lowest BCUT2D eigenvalue weighted by Gasteiger charge is -2.38. The minimum atomic E-state index is -1.47. The number of nitrogens with zero attached hydrogens (tertiary/aromatic N) is 1. The molecule has 8 nitrogen and oxygen atoms in total. The number of hydrogen-bond acceptors (Lipinski definition) is 7. The second-order valence-corrected chi connectivity index (χ2v) is 6.12. The molecule has 2 N–H and O–H groups in total. The molecular weight excluding hydrogens is 305 g/mol. The van der Waals surface area contributed by atoms with E-state index >= 15 is 0 Å². The Kier molecular flexibility index (Phi) is 5.52. The van der Waals surface area contributed by atoms with Crippen molar-refractivity contribution in [2.24, 2.45) is 0 Å². The highest BCUT2D eigenvalue weighted by Crippen LogP contribution is 2.28. The lowest BCUT2D eigenvalue weighted by molar-refractivity contribution is -0.385. The number of benzene rings is 1. The van der Waals surface area contributed by atoms with Crippen LogP contribution in [0.25, 0.3) is 0 Å². The van der Waals surface area contributed by atoms with Gasteiger partial charge in [-0.3, -0.25) is 14.9 Å². The average Bonchev–Trinajstić information content (AvgIpc) is 2.35. The predicted molar refractivity (Wildman–Crippen MR) is 83.5 cm³/mol. The molecule has 1 rings (SSSR count). The van der Waals surface area contributed by atoms with Crippen molar-refractivity contribution < 1.29 is 29.2 Å². The zero-order valence-electron chi connectivity index (χ0n) is 13.7. The van der Waals surface area contributed by atoms with E-state index in [1.165, 1.54) is 19.9 Å². The summed E-state index contributed by atoms with van der Waals surface area (Å²) in [6.07, 6.45) is 0. The molecule has 1 aromatic rings. The third-order valence-corrected chi connectivity index (χ3v) is 3.60. The standard InChI is InChI=1S/C14H20BNO7/c1-9(17)22-12-8-10(6-7-11(12)16(20)21)15(19)23-14(4,5)13(2,3)18/h6-8,18-19H,1-5H3. The number of carbonyl (C=O) groups is 1. The molecule has 0 aliphatic carbocycles. The van der Waals surface area contributed by atoms with Crippen LogP contribution in [0.1, 0.15) is 34.6 Å².